The van der Waals surface area contributed by atoms with Crippen molar-refractivity contribution in [1.29, 1.82) is 0 Å². The Bertz CT molecular complexity index is 1140. The summed E-state index contributed by atoms with van der Waals surface area (Å²) in [6, 6.07) is 6.71. The first-order chi connectivity index (χ1) is 17.2. The molecule has 1 saturated heterocycles. The number of amides is 1. The number of alkyl halides is 2. The number of nitrogens with one attached hydrogen (secondary N) is 1. The summed E-state index contributed by atoms with van der Waals surface area (Å²) in [6.07, 6.45) is 0.532. The maximum absolute atomic E-state index is 15.4. The van der Waals surface area contributed by atoms with Gasteiger partial charge in [0, 0.05) is 24.0 Å². The molecule has 2 unspecified atom stereocenters. The lowest BCUT2D eigenvalue weighted by Gasteiger charge is -2.33. The summed E-state index contributed by atoms with van der Waals surface area (Å²) in [7, 11) is 0. The number of carbonyl (C=O) groups excluding carboxylic acids is 1. The van der Waals surface area contributed by atoms with E-state index in [1.54, 1.807) is 29.2 Å². The maximum Gasteiger partial charge on any atom is 0.327 e. The van der Waals surface area contributed by atoms with Crippen LogP contribution < -0.4 is 14.8 Å². The molecule has 2 heterocycles. The molecule has 0 aromatic heterocycles. The first kappa shape index (κ1) is 25.2. The number of fused-ring (bicyclic) bond motifs is 2. The fourth-order valence-electron chi connectivity index (χ4n) is 5.32. The van der Waals surface area contributed by atoms with Gasteiger partial charge in [-0.05, 0) is 73.1 Å². The van der Waals surface area contributed by atoms with Gasteiger partial charge in [-0.1, -0.05) is 17.7 Å². The van der Waals surface area contributed by atoms with Crippen molar-refractivity contribution in [2.45, 2.75) is 50.3 Å². The van der Waals surface area contributed by atoms with Gasteiger partial charge in [0.1, 0.15) is 19.4 Å². The van der Waals surface area contributed by atoms with Crippen LogP contribution in [0, 0.1) is 11.7 Å². The number of nitrogens with zero attached hydrogens (tertiary/aromatic N) is 1. The molecule has 0 bridgehead atoms. The van der Waals surface area contributed by atoms with Gasteiger partial charge in [-0.25, -0.2) is 4.39 Å². The molecule has 0 saturated carbocycles. The number of aliphatic hydroxyl groups excluding tert-OH is 1. The van der Waals surface area contributed by atoms with Crippen molar-refractivity contribution >= 4 is 17.5 Å². The van der Waals surface area contributed by atoms with Gasteiger partial charge in [0.15, 0.2) is 17.3 Å². The number of rotatable bonds is 7. The smallest absolute Gasteiger partial charge is 0.327 e. The van der Waals surface area contributed by atoms with Gasteiger partial charge < -0.3 is 19.9 Å². The predicted molar refractivity (Wildman–Crippen MR) is 127 cm³/mol. The molecule has 1 amide bonds. The van der Waals surface area contributed by atoms with Crippen molar-refractivity contribution in [2.24, 2.45) is 5.92 Å². The topological polar surface area (TPSA) is 71.0 Å². The molecule has 2 aromatic rings. The van der Waals surface area contributed by atoms with E-state index in [9.17, 15) is 14.3 Å². The Morgan fingerprint density at radius 3 is 2.64 bits per heavy atom. The summed E-state index contributed by atoms with van der Waals surface area (Å²) >= 11 is 6.00. The van der Waals surface area contributed by atoms with Gasteiger partial charge in [0.25, 0.3) is 5.91 Å². The van der Waals surface area contributed by atoms with Crippen molar-refractivity contribution in [1.82, 2.24) is 10.2 Å². The molecule has 2 aliphatic heterocycles. The normalized spacial score (nSPS) is 21.2. The van der Waals surface area contributed by atoms with Crippen LogP contribution in [0.5, 0.6) is 11.5 Å². The largest absolute Gasteiger partial charge is 0.486 e. The average Bonchev–Trinajstić information content (AvgIpc) is 3.53. The van der Waals surface area contributed by atoms with Crippen molar-refractivity contribution < 1.29 is 32.5 Å². The van der Waals surface area contributed by atoms with E-state index in [0.717, 1.165) is 18.4 Å². The summed E-state index contributed by atoms with van der Waals surface area (Å²) in [6.45, 7) is 1.64. The lowest BCUT2D eigenvalue weighted by atomic mass is 9.96. The molecule has 194 valence electrons. The van der Waals surface area contributed by atoms with Crippen LogP contribution >= 0.6 is 11.6 Å². The molecule has 0 spiro atoms. The monoisotopic (exact) mass is 524 g/mol. The van der Waals surface area contributed by atoms with Crippen molar-refractivity contribution in [3.05, 3.63) is 57.9 Å². The van der Waals surface area contributed by atoms with Gasteiger partial charge in [0.2, 0.25) is 0 Å². The molecule has 2 N–H and O–H groups in total. The summed E-state index contributed by atoms with van der Waals surface area (Å²) in [5.41, 5.74) is 1.85. The van der Waals surface area contributed by atoms with Gasteiger partial charge in [0.05, 0.1) is 6.04 Å². The second-order valence-electron chi connectivity index (χ2n) is 9.68. The van der Waals surface area contributed by atoms with E-state index in [4.69, 9.17) is 21.1 Å². The highest BCUT2D eigenvalue weighted by Crippen LogP contribution is 2.39. The van der Waals surface area contributed by atoms with Crippen LogP contribution in [-0.4, -0.2) is 60.4 Å². The number of likely N-dealkylation sites (tertiary alicyclic amines) is 1. The zero-order valence-electron chi connectivity index (χ0n) is 19.6. The molecule has 2 aromatic carbocycles. The third-order valence-corrected chi connectivity index (χ3v) is 7.45. The third-order valence-electron chi connectivity index (χ3n) is 7.22. The Balaban J connectivity index is 1.35. The molecule has 1 aliphatic carbocycles. The average molecular weight is 525 g/mol. The minimum atomic E-state index is -3.67. The highest BCUT2D eigenvalue weighted by atomic mass is 35.5. The number of ether oxygens (including phenoxy) is 2. The van der Waals surface area contributed by atoms with Crippen molar-refractivity contribution in [3.63, 3.8) is 0 Å². The Morgan fingerprint density at radius 1 is 1.14 bits per heavy atom. The Labute approximate surface area is 212 Å². The first-order valence-electron chi connectivity index (χ1n) is 12.2. The van der Waals surface area contributed by atoms with Gasteiger partial charge in [-0.15, -0.1) is 0 Å². The van der Waals surface area contributed by atoms with Crippen LogP contribution in [0.25, 0.3) is 0 Å². The van der Waals surface area contributed by atoms with Gasteiger partial charge in [-0.2, -0.15) is 8.78 Å². The van der Waals surface area contributed by atoms with Crippen LogP contribution in [0.4, 0.5) is 13.2 Å². The number of carbonyl (C=O) groups is 1. The second kappa shape index (κ2) is 10.1. The minimum Gasteiger partial charge on any atom is -0.486 e. The number of benzene rings is 2. The zero-order valence-corrected chi connectivity index (χ0v) is 20.4. The summed E-state index contributed by atoms with van der Waals surface area (Å²) in [5.74, 6) is -6.78. The minimum absolute atomic E-state index is 0.00175. The number of aliphatic hydroxyl groups is 1. The zero-order chi connectivity index (χ0) is 25.4. The van der Waals surface area contributed by atoms with Crippen LogP contribution in [-0.2, 0) is 24.1 Å². The molecule has 6 nitrogen and oxygen atoms in total. The Morgan fingerprint density at radius 2 is 1.86 bits per heavy atom. The quantitative estimate of drug-likeness (QED) is 0.577. The third kappa shape index (κ3) is 5.01. The molecule has 0 radical (unpaired) electrons. The van der Waals surface area contributed by atoms with E-state index in [0.29, 0.717) is 29.2 Å². The standard InChI is InChI=1S/C26H28ClF3N2O4/c27-19-4-3-16-12-18(13-17(16)14-19)26(29,30)25(34)31-21(24(33)32-5-1-2-6-32)10-15-9-20(28)23-22(11-15)35-7-8-36-23/h3-4,9,11,14,18,21,24,33H,1-2,5-8,10,12-13H2,(H,31,34)/t18?,21-,24?/m1/s1. The van der Waals surface area contributed by atoms with Gasteiger partial charge in [-0.3, -0.25) is 9.69 Å². The van der Waals surface area contributed by atoms with Gasteiger partial charge >= 0.3 is 5.92 Å². The highest BCUT2D eigenvalue weighted by Gasteiger charge is 2.50. The van der Waals surface area contributed by atoms with Crippen LogP contribution in [0.1, 0.15) is 29.5 Å². The molecule has 3 atom stereocenters. The molecule has 1 fully saturated rings. The van der Waals surface area contributed by atoms with E-state index in [2.05, 4.69) is 5.32 Å². The van der Waals surface area contributed by atoms with Crippen LogP contribution in [0.15, 0.2) is 30.3 Å². The van der Waals surface area contributed by atoms with Crippen LogP contribution in [0.2, 0.25) is 5.02 Å². The van der Waals surface area contributed by atoms with Crippen LogP contribution in [0.3, 0.4) is 0 Å². The fourth-order valence-corrected chi connectivity index (χ4v) is 5.52. The summed E-state index contributed by atoms with van der Waals surface area (Å²) < 4.78 is 56.1. The molecule has 3 aliphatic rings. The van der Waals surface area contributed by atoms with E-state index < -0.39 is 35.8 Å². The molecular weight excluding hydrogens is 497 g/mol. The molecule has 5 rings (SSSR count). The molecule has 10 heteroatoms. The van der Waals surface area contributed by atoms with E-state index >= 15 is 8.78 Å². The number of halogens is 4. The number of hydrogen-bond donors (Lipinski definition) is 2. The lowest BCUT2D eigenvalue weighted by Crippen LogP contribution is -2.57. The highest BCUT2D eigenvalue weighted by molar-refractivity contribution is 6.30. The fraction of sp³-hybridized carbons (Fsp3) is 0.500. The SMILES string of the molecule is O=C(N[C@H](Cc1cc(F)c2c(c1)OCCO2)C(O)N1CCCC1)C(F)(F)C1Cc2ccc(Cl)cc2C1. The molecule has 36 heavy (non-hydrogen) atoms. The van der Waals surface area contributed by atoms with Crippen molar-refractivity contribution in [2.75, 3.05) is 26.3 Å². The molecular formula is C26H28ClF3N2O4. The summed E-state index contributed by atoms with van der Waals surface area (Å²) in [5, 5.41) is 13.9. The number of hydrogen-bond acceptors (Lipinski definition) is 5. The Kier molecular flexibility index (Phi) is 7.07. The second-order valence-corrected chi connectivity index (χ2v) is 10.1. The Hall–Kier alpha value is -2.49. The van der Waals surface area contributed by atoms with E-state index in [1.165, 1.54) is 6.07 Å². The predicted octanol–water partition coefficient (Wildman–Crippen LogP) is 3.74. The van der Waals surface area contributed by atoms with Crippen molar-refractivity contribution in [3.8, 4) is 11.5 Å². The lowest BCUT2D eigenvalue weighted by molar-refractivity contribution is -0.156. The van der Waals surface area contributed by atoms with E-state index in [-0.39, 0.29) is 44.0 Å². The maximum atomic E-state index is 15.4. The summed E-state index contributed by atoms with van der Waals surface area (Å²) in [4.78, 5) is 14.7. The van der Waals surface area contributed by atoms with E-state index in [1.807, 2.05) is 0 Å². The first-order valence-corrected chi connectivity index (χ1v) is 12.6.